The molecule has 2 aromatic rings. The largest absolute Gasteiger partial charge is 0.481 e. The van der Waals surface area contributed by atoms with E-state index in [0.717, 1.165) is 17.1 Å². The molecule has 1 aliphatic heterocycles. The third kappa shape index (κ3) is 3.26. The van der Waals surface area contributed by atoms with Crippen molar-refractivity contribution in [3.63, 3.8) is 0 Å². The number of rotatable bonds is 4. The van der Waals surface area contributed by atoms with E-state index in [9.17, 15) is 14.3 Å². The summed E-state index contributed by atoms with van der Waals surface area (Å²) in [6.45, 7) is 0.236. The second-order valence-corrected chi connectivity index (χ2v) is 5.95. The first-order valence-corrected chi connectivity index (χ1v) is 7.79. The molecule has 24 heavy (non-hydrogen) atoms. The summed E-state index contributed by atoms with van der Waals surface area (Å²) in [5, 5.41) is 10.9. The van der Waals surface area contributed by atoms with Crippen LogP contribution in [-0.4, -0.2) is 46.6 Å². The molecule has 3 N–H and O–H groups in total. The van der Waals surface area contributed by atoms with Gasteiger partial charge in [0, 0.05) is 17.5 Å². The van der Waals surface area contributed by atoms with Gasteiger partial charge in [0.05, 0.1) is 32.5 Å². The van der Waals surface area contributed by atoms with Crippen LogP contribution >= 0.6 is 0 Å². The second kappa shape index (κ2) is 6.84. The Hall–Kier alpha value is -2.03. The summed E-state index contributed by atoms with van der Waals surface area (Å²) in [6.07, 6.45) is -0.0953. The maximum absolute atomic E-state index is 13.9. The number of aromatic nitrogens is 2. The normalized spacial score (nSPS) is 22.5. The molecule has 0 aliphatic carbocycles. The number of nitrogens with zero attached hydrogens (tertiary/aromatic N) is 2. The number of aliphatic hydroxyl groups excluding tert-OH is 1. The van der Waals surface area contributed by atoms with Gasteiger partial charge >= 0.3 is 0 Å². The molecule has 3 heterocycles. The zero-order chi connectivity index (χ0) is 17.3. The summed E-state index contributed by atoms with van der Waals surface area (Å²) in [5.41, 5.74) is 5.18. The Morgan fingerprint density at radius 1 is 1.54 bits per heavy atom. The van der Waals surface area contributed by atoms with Gasteiger partial charge in [-0.2, -0.15) is 4.98 Å². The number of nitrogens with two attached hydrogens (primary N) is 1. The van der Waals surface area contributed by atoms with Crippen LogP contribution in [0.5, 0.6) is 5.88 Å². The highest BCUT2D eigenvalue weighted by atomic mass is 19.1. The van der Waals surface area contributed by atoms with Crippen molar-refractivity contribution >= 4 is 11.0 Å². The summed E-state index contributed by atoms with van der Waals surface area (Å²) >= 11 is 0. The smallest absolute Gasteiger partial charge is 0.288 e. The minimum absolute atomic E-state index is 0.0444. The molecule has 0 unspecified atom stereocenters. The molecular formula is C16H20FN3O4. The van der Waals surface area contributed by atoms with Crippen molar-refractivity contribution in [2.75, 3.05) is 13.7 Å². The zero-order valence-electron chi connectivity index (χ0n) is 13.3. The fourth-order valence-electron chi connectivity index (χ4n) is 2.88. The third-order valence-corrected chi connectivity index (χ3v) is 4.22. The number of hydrogen-bond acceptors (Lipinski definition) is 6. The van der Waals surface area contributed by atoms with Crippen molar-refractivity contribution in [1.82, 2.24) is 9.55 Å². The molecule has 0 radical (unpaired) electrons. The van der Waals surface area contributed by atoms with E-state index in [4.69, 9.17) is 15.2 Å². The molecule has 1 saturated heterocycles. The van der Waals surface area contributed by atoms with Gasteiger partial charge in [-0.3, -0.25) is 9.36 Å². The van der Waals surface area contributed by atoms with Gasteiger partial charge in [-0.05, 0) is 25.0 Å². The van der Waals surface area contributed by atoms with Crippen LogP contribution in [0, 0.1) is 5.82 Å². The van der Waals surface area contributed by atoms with E-state index >= 15 is 0 Å². The highest BCUT2D eigenvalue weighted by Crippen LogP contribution is 2.19. The number of halogens is 1. The van der Waals surface area contributed by atoms with Crippen molar-refractivity contribution < 1.29 is 19.0 Å². The topological polar surface area (TPSA) is 99.6 Å². The van der Waals surface area contributed by atoms with Crippen LogP contribution in [0.1, 0.15) is 12.8 Å². The van der Waals surface area contributed by atoms with E-state index < -0.39 is 23.6 Å². The first-order valence-electron chi connectivity index (χ1n) is 7.79. The Kier molecular flexibility index (Phi) is 4.79. The molecule has 0 amide bonds. The quantitative estimate of drug-likeness (QED) is 0.838. The Bertz CT molecular complexity index is 787. The molecule has 130 valence electrons. The number of methoxy groups -OCH3 is 1. The molecule has 0 saturated carbocycles. The Morgan fingerprint density at radius 2 is 2.33 bits per heavy atom. The van der Waals surface area contributed by atoms with Crippen molar-refractivity contribution in [3.8, 4) is 5.88 Å². The summed E-state index contributed by atoms with van der Waals surface area (Å²) in [6, 6.07) is 4.28. The van der Waals surface area contributed by atoms with Crippen LogP contribution in [0.4, 0.5) is 4.39 Å². The van der Waals surface area contributed by atoms with E-state index in [0.29, 0.717) is 24.3 Å². The van der Waals surface area contributed by atoms with E-state index in [1.54, 1.807) is 12.1 Å². The molecular weight excluding hydrogens is 317 g/mol. The lowest BCUT2D eigenvalue weighted by atomic mass is 10.0. The summed E-state index contributed by atoms with van der Waals surface area (Å²) in [4.78, 5) is 16.4. The van der Waals surface area contributed by atoms with Crippen molar-refractivity contribution in [2.45, 2.75) is 37.6 Å². The SMILES string of the molecule is COc1ccc2cc(F)c(=O)n(C[C@H](O)[C@@H]3CC[C@@H](N)CO3)c2n1. The lowest BCUT2D eigenvalue weighted by molar-refractivity contribution is -0.0728. The van der Waals surface area contributed by atoms with Gasteiger partial charge in [0.15, 0.2) is 5.82 Å². The molecule has 7 nitrogen and oxygen atoms in total. The fourth-order valence-corrected chi connectivity index (χ4v) is 2.88. The third-order valence-electron chi connectivity index (χ3n) is 4.22. The summed E-state index contributed by atoms with van der Waals surface area (Å²) in [5.74, 6) is -0.593. The number of fused-ring (bicyclic) bond motifs is 1. The van der Waals surface area contributed by atoms with Crippen LogP contribution < -0.4 is 16.0 Å². The van der Waals surface area contributed by atoms with Gasteiger partial charge in [-0.15, -0.1) is 0 Å². The van der Waals surface area contributed by atoms with E-state index in [1.165, 1.54) is 7.11 Å². The van der Waals surface area contributed by atoms with Crippen LogP contribution in [0.25, 0.3) is 11.0 Å². The average molecular weight is 337 g/mol. The fraction of sp³-hybridized carbons (Fsp3) is 0.500. The lowest BCUT2D eigenvalue weighted by Crippen LogP contribution is -2.43. The van der Waals surface area contributed by atoms with Gasteiger partial charge in [0.1, 0.15) is 5.65 Å². The molecule has 0 bridgehead atoms. The standard InChI is InChI=1S/C16H20FN3O4/c1-23-14-5-2-9-6-11(17)16(22)20(15(9)19-14)7-12(21)13-4-3-10(18)8-24-13/h2,5-6,10,12-13,21H,3-4,7-8,18H2,1H3/t10-,12+,13+/m1/s1. The van der Waals surface area contributed by atoms with Crippen molar-refractivity contribution in [1.29, 1.82) is 0 Å². The minimum Gasteiger partial charge on any atom is -0.481 e. The Labute approximate surface area is 137 Å². The van der Waals surface area contributed by atoms with Crippen LogP contribution in [0.3, 0.4) is 0 Å². The van der Waals surface area contributed by atoms with E-state index in [1.807, 2.05) is 0 Å². The molecule has 0 aromatic carbocycles. The predicted octanol–water partition coefficient (Wildman–Crippen LogP) is 0.411. The zero-order valence-corrected chi connectivity index (χ0v) is 13.3. The monoisotopic (exact) mass is 337 g/mol. The average Bonchev–Trinajstić information content (AvgIpc) is 2.59. The lowest BCUT2D eigenvalue weighted by Gasteiger charge is -2.30. The second-order valence-electron chi connectivity index (χ2n) is 5.95. The highest BCUT2D eigenvalue weighted by Gasteiger charge is 2.27. The van der Waals surface area contributed by atoms with Gasteiger partial charge in [0.2, 0.25) is 5.88 Å². The molecule has 2 aromatic heterocycles. The van der Waals surface area contributed by atoms with Crippen LogP contribution in [0.2, 0.25) is 0 Å². The van der Waals surface area contributed by atoms with Gasteiger partial charge < -0.3 is 20.3 Å². The number of hydrogen-bond donors (Lipinski definition) is 2. The maximum Gasteiger partial charge on any atom is 0.288 e. The first-order chi connectivity index (χ1) is 11.5. The van der Waals surface area contributed by atoms with Gasteiger partial charge in [-0.25, -0.2) is 4.39 Å². The van der Waals surface area contributed by atoms with E-state index in [-0.39, 0.29) is 18.2 Å². The molecule has 8 heteroatoms. The van der Waals surface area contributed by atoms with Crippen molar-refractivity contribution in [3.05, 3.63) is 34.4 Å². The summed E-state index contributed by atoms with van der Waals surface area (Å²) < 4.78 is 25.6. The highest BCUT2D eigenvalue weighted by molar-refractivity contribution is 5.75. The van der Waals surface area contributed by atoms with Crippen molar-refractivity contribution in [2.24, 2.45) is 5.73 Å². The predicted molar refractivity (Wildman–Crippen MR) is 85.5 cm³/mol. The minimum atomic E-state index is -0.965. The van der Waals surface area contributed by atoms with Gasteiger partial charge in [-0.1, -0.05) is 0 Å². The molecule has 0 spiro atoms. The Morgan fingerprint density at radius 3 is 3.00 bits per heavy atom. The summed E-state index contributed by atoms with van der Waals surface area (Å²) in [7, 11) is 1.45. The number of pyridine rings is 2. The molecule has 3 atom stereocenters. The Balaban J connectivity index is 1.95. The van der Waals surface area contributed by atoms with Crippen LogP contribution in [0.15, 0.2) is 23.0 Å². The van der Waals surface area contributed by atoms with Gasteiger partial charge in [0.25, 0.3) is 5.56 Å². The maximum atomic E-state index is 13.9. The molecule has 1 fully saturated rings. The number of ether oxygens (including phenoxy) is 2. The van der Waals surface area contributed by atoms with Crippen LogP contribution in [-0.2, 0) is 11.3 Å². The molecule has 3 rings (SSSR count). The molecule has 1 aliphatic rings. The van der Waals surface area contributed by atoms with E-state index in [2.05, 4.69) is 4.98 Å². The number of aliphatic hydroxyl groups is 1. The first kappa shape index (κ1) is 16.8.